The summed E-state index contributed by atoms with van der Waals surface area (Å²) in [5.74, 6) is -0.206. The second-order valence-electron chi connectivity index (χ2n) is 9.85. The quantitative estimate of drug-likeness (QED) is 0.491. The van der Waals surface area contributed by atoms with Crippen molar-refractivity contribution in [3.8, 4) is 0 Å². The van der Waals surface area contributed by atoms with Gasteiger partial charge in [0, 0.05) is 51.8 Å². The summed E-state index contributed by atoms with van der Waals surface area (Å²) in [7, 11) is 0. The number of carbonyl (C=O) groups is 4. The van der Waals surface area contributed by atoms with Gasteiger partial charge in [-0.3, -0.25) is 19.2 Å². The van der Waals surface area contributed by atoms with Crippen LogP contribution in [0.15, 0.2) is 28.7 Å². The molecule has 1 aromatic carbocycles. The Bertz CT molecular complexity index is 961. The number of carbonyl (C=O) groups excluding carboxylic acids is 4. The van der Waals surface area contributed by atoms with Gasteiger partial charge in [0.1, 0.15) is 18.2 Å². The van der Waals surface area contributed by atoms with E-state index in [0.29, 0.717) is 25.7 Å². The third-order valence-corrected chi connectivity index (χ3v) is 9.96. The maximum Gasteiger partial charge on any atom is 0.306 e. The van der Waals surface area contributed by atoms with Crippen molar-refractivity contribution in [2.75, 3.05) is 0 Å². The van der Waals surface area contributed by atoms with Crippen LogP contribution in [0.1, 0.15) is 64.4 Å². The van der Waals surface area contributed by atoms with E-state index < -0.39 is 10.2 Å². The average Bonchev–Trinajstić information content (AvgIpc) is 2.95. The Balaban J connectivity index is 1.48. The van der Waals surface area contributed by atoms with Crippen molar-refractivity contribution in [2.24, 2.45) is 23.2 Å². The molecule has 0 bridgehead atoms. The maximum absolute atomic E-state index is 13.4. The molecule has 5 atom stereocenters. The first kappa shape index (κ1) is 23.7. The molecular formula is C25H29BrO5S. The molecule has 0 radical (unpaired) electrons. The van der Waals surface area contributed by atoms with Gasteiger partial charge in [0.05, 0.1) is 0 Å². The zero-order valence-corrected chi connectivity index (χ0v) is 20.9. The first-order valence-corrected chi connectivity index (χ1v) is 12.9. The minimum atomic E-state index is -0.658. The van der Waals surface area contributed by atoms with E-state index in [4.69, 9.17) is 4.74 Å². The van der Waals surface area contributed by atoms with Crippen LogP contribution in [-0.2, 0) is 30.5 Å². The molecule has 1 aromatic rings. The molecule has 2 aliphatic carbocycles. The highest BCUT2D eigenvalue weighted by molar-refractivity contribution is 9.10. The van der Waals surface area contributed by atoms with Gasteiger partial charge in [0.25, 0.3) is 0 Å². The van der Waals surface area contributed by atoms with E-state index in [1.54, 1.807) is 0 Å². The van der Waals surface area contributed by atoms with Crippen molar-refractivity contribution in [2.45, 2.75) is 70.1 Å². The molecule has 1 heterocycles. The largest absolute Gasteiger partial charge is 0.461 e. The van der Waals surface area contributed by atoms with E-state index in [0.717, 1.165) is 16.5 Å². The van der Waals surface area contributed by atoms with Crippen molar-refractivity contribution in [3.05, 3.63) is 34.3 Å². The van der Waals surface area contributed by atoms with Gasteiger partial charge in [-0.1, -0.05) is 52.8 Å². The predicted octanol–water partition coefficient (Wildman–Crippen LogP) is 5.28. The molecular weight excluding hydrogens is 492 g/mol. The van der Waals surface area contributed by atoms with Crippen LogP contribution in [0.4, 0.5) is 0 Å². The van der Waals surface area contributed by atoms with Crippen molar-refractivity contribution in [3.63, 3.8) is 0 Å². The summed E-state index contributed by atoms with van der Waals surface area (Å²) in [5, 5.41) is 0.0716. The van der Waals surface area contributed by atoms with Crippen LogP contribution < -0.4 is 0 Å². The lowest BCUT2D eigenvalue weighted by Crippen LogP contribution is -2.52. The molecule has 32 heavy (non-hydrogen) atoms. The van der Waals surface area contributed by atoms with Gasteiger partial charge in [-0.05, 0) is 44.1 Å². The first-order valence-electron chi connectivity index (χ1n) is 11.3. The zero-order valence-electron chi connectivity index (χ0n) is 18.5. The smallest absolute Gasteiger partial charge is 0.306 e. The van der Waals surface area contributed by atoms with Crippen LogP contribution in [0.5, 0.6) is 0 Å². The molecule has 2 saturated carbocycles. The van der Waals surface area contributed by atoms with E-state index in [2.05, 4.69) is 15.9 Å². The van der Waals surface area contributed by atoms with Gasteiger partial charge >= 0.3 is 5.97 Å². The summed E-state index contributed by atoms with van der Waals surface area (Å²) >= 11 is 4.69. The highest BCUT2D eigenvalue weighted by Crippen LogP contribution is 2.60. The summed E-state index contributed by atoms with van der Waals surface area (Å²) in [6, 6.07) is 7.58. The van der Waals surface area contributed by atoms with Crippen molar-refractivity contribution in [1.82, 2.24) is 0 Å². The molecule has 2 unspecified atom stereocenters. The summed E-state index contributed by atoms with van der Waals surface area (Å²) in [4.78, 5) is 51.2. The van der Waals surface area contributed by atoms with E-state index in [1.165, 1.54) is 11.8 Å². The molecule has 1 aliphatic heterocycles. The summed E-state index contributed by atoms with van der Waals surface area (Å²) < 4.78 is 5.70. The van der Waals surface area contributed by atoms with Crippen LogP contribution in [0.2, 0.25) is 0 Å². The molecule has 3 fully saturated rings. The highest BCUT2D eigenvalue weighted by atomic mass is 79.9. The normalized spacial score (nSPS) is 34.6. The standard InChI is InChI=1S/C25H29BrO5S/c1-24-13-19(27)23-16(17(24)8-9-20(24)28)7-10-22(30)32-25(23,2)12-11-21(29)31-14-15-5-3-4-6-18(15)26/h3-6,16-17,23H,7-14H2,1-2H3/t16-,17?,23?,24-,25+/m0/s1. The number of halogens is 1. The Hall–Kier alpha value is -1.47. The number of hydrogen-bond donors (Lipinski definition) is 0. The molecule has 0 amide bonds. The Morgan fingerprint density at radius 1 is 1.16 bits per heavy atom. The summed E-state index contributed by atoms with van der Waals surface area (Å²) in [6.45, 7) is 4.07. The van der Waals surface area contributed by atoms with Gasteiger partial charge in [-0.2, -0.15) is 0 Å². The number of fused-ring (bicyclic) bond motifs is 3. The monoisotopic (exact) mass is 520 g/mol. The lowest BCUT2D eigenvalue weighted by molar-refractivity contribution is -0.147. The lowest BCUT2D eigenvalue weighted by atomic mass is 9.56. The predicted molar refractivity (Wildman–Crippen MR) is 126 cm³/mol. The molecule has 1 saturated heterocycles. The lowest BCUT2D eigenvalue weighted by Gasteiger charge is -2.49. The second-order valence-corrected chi connectivity index (χ2v) is 12.3. The Labute approximate surface area is 201 Å². The van der Waals surface area contributed by atoms with Gasteiger partial charge in [0.15, 0.2) is 5.12 Å². The molecule has 5 nitrogen and oxygen atoms in total. The number of hydrogen-bond acceptors (Lipinski definition) is 6. The van der Waals surface area contributed by atoms with Gasteiger partial charge in [-0.15, -0.1) is 0 Å². The SMILES string of the molecule is C[C@]1(CCC(=O)OCc2ccccc2Br)SC(=O)CC[C@@H]2C1C(=O)C[C@]1(C)C(=O)CCC21. The van der Waals surface area contributed by atoms with Gasteiger partial charge in [0.2, 0.25) is 0 Å². The number of ketones is 2. The van der Waals surface area contributed by atoms with Crippen LogP contribution >= 0.6 is 27.7 Å². The van der Waals surface area contributed by atoms with E-state index in [-0.39, 0.29) is 59.9 Å². The van der Waals surface area contributed by atoms with Crippen molar-refractivity contribution >= 4 is 50.3 Å². The zero-order chi connectivity index (χ0) is 23.1. The third-order valence-electron chi connectivity index (χ3n) is 7.83. The number of ether oxygens (including phenoxy) is 1. The summed E-state index contributed by atoms with van der Waals surface area (Å²) in [5.41, 5.74) is 0.304. The fraction of sp³-hybridized carbons (Fsp3) is 0.600. The number of rotatable bonds is 5. The topological polar surface area (TPSA) is 77.5 Å². The molecule has 3 aliphatic rings. The second kappa shape index (κ2) is 9.05. The molecule has 4 rings (SSSR count). The van der Waals surface area contributed by atoms with Gasteiger partial charge < -0.3 is 4.74 Å². The maximum atomic E-state index is 13.4. The molecule has 172 valence electrons. The molecule has 0 N–H and O–H groups in total. The fourth-order valence-electron chi connectivity index (χ4n) is 6.18. The van der Waals surface area contributed by atoms with Crippen LogP contribution in [0.3, 0.4) is 0 Å². The Morgan fingerprint density at radius 3 is 2.66 bits per heavy atom. The number of benzene rings is 1. The summed E-state index contributed by atoms with van der Waals surface area (Å²) in [6.07, 6.45) is 3.21. The Kier molecular flexibility index (Phi) is 6.70. The third kappa shape index (κ3) is 4.35. The minimum absolute atomic E-state index is 0.0212. The number of thioether (sulfide) groups is 1. The molecule has 0 aromatic heterocycles. The van der Waals surface area contributed by atoms with Crippen LogP contribution in [0, 0.1) is 23.2 Å². The van der Waals surface area contributed by atoms with E-state index >= 15 is 0 Å². The van der Waals surface area contributed by atoms with Crippen molar-refractivity contribution < 1.29 is 23.9 Å². The molecule has 0 spiro atoms. The number of Topliss-reactive ketones (excluding diaryl/α,β-unsaturated/α-hetero) is 2. The molecule has 7 heteroatoms. The average molecular weight is 521 g/mol. The fourth-order valence-corrected chi connectivity index (χ4v) is 7.96. The number of esters is 1. The van der Waals surface area contributed by atoms with Crippen LogP contribution in [0.25, 0.3) is 0 Å². The van der Waals surface area contributed by atoms with E-state index in [9.17, 15) is 19.2 Å². The highest BCUT2D eigenvalue weighted by Gasteiger charge is 2.61. The Morgan fingerprint density at radius 2 is 1.91 bits per heavy atom. The van der Waals surface area contributed by atoms with Gasteiger partial charge in [-0.25, -0.2) is 0 Å². The van der Waals surface area contributed by atoms with Crippen LogP contribution in [-0.4, -0.2) is 27.4 Å². The minimum Gasteiger partial charge on any atom is -0.461 e. The first-order chi connectivity index (χ1) is 15.1. The van der Waals surface area contributed by atoms with E-state index in [1.807, 2.05) is 38.1 Å². The van der Waals surface area contributed by atoms with Crippen molar-refractivity contribution in [1.29, 1.82) is 0 Å².